The van der Waals surface area contributed by atoms with Crippen molar-refractivity contribution in [3.8, 4) is 11.5 Å². The molecule has 0 radical (unpaired) electrons. The Kier molecular flexibility index (Phi) is 4.42. The number of rotatable bonds is 5. The van der Waals surface area contributed by atoms with Gasteiger partial charge < -0.3 is 14.6 Å². The van der Waals surface area contributed by atoms with E-state index < -0.39 is 6.10 Å². The first-order chi connectivity index (χ1) is 9.20. The Hall–Kier alpha value is -2.00. The van der Waals surface area contributed by atoms with Crippen LogP contribution in [0.15, 0.2) is 54.6 Å². The molecule has 2 aromatic rings. The number of methoxy groups -OCH3 is 1. The van der Waals surface area contributed by atoms with Gasteiger partial charge in [0.25, 0.3) is 0 Å². The lowest BCUT2D eigenvalue weighted by molar-refractivity contribution is 0.0466. The van der Waals surface area contributed by atoms with Crippen molar-refractivity contribution in [2.45, 2.75) is 19.1 Å². The first-order valence-electron chi connectivity index (χ1n) is 6.24. The van der Waals surface area contributed by atoms with Crippen LogP contribution in [0, 0.1) is 0 Å². The van der Waals surface area contributed by atoms with Crippen LogP contribution in [0.4, 0.5) is 0 Å². The summed E-state index contributed by atoms with van der Waals surface area (Å²) in [6.45, 7) is 1.84. The molecule has 0 bridgehead atoms. The van der Waals surface area contributed by atoms with Crippen LogP contribution < -0.4 is 9.47 Å². The zero-order valence-corrected chi connectivity index (χ0v) is 11.1. The molecule has 2 rings (SSSR count). The quantitative estimate of drug-likeness (QED) is 0.895. The van der Waals surface area contributed by atoms with E-state index >= 15 is 0 Å². The van der Waals surface area contributed by atoms with Gasteiger partial charge in [0.15, 0.2) is 0 Å². The number of hydrogen-bond acceptors (Lipinski definition) is 3. The third-order valence-corrected chi connectivity index (χ3v) is 2.95. The molecule has 2 aromatic carbocycles. The molecule has 19 heavy (non-hydrogen) atoms. The number of aliphatic hydroxyl groups excluding tert-OH is 1. The highest BCUT2D eigenvalue weighted by Crippen LogP contribution is 2.24. The zero-order valence-electron chi connectivity index (χ0n) is 11.1. The molecule has 2 unspecified atom stereocenters. The molecule has 0 fully saturated rings. The van der Waals surface area contributed by atoms with Crippen molar-refractivity contribution < 1.29 is 14.6 Å². The Balaban J connectivity index is 2.06. The summed E-state index contributed by atoms with van der Waals surface area (Å²) in [4.78, 5) is 0. The molecule has 0 aliphatic heterocycles. The van der Waals surface area contributed by atoms with Gasteiger partial charge >= 0.3 is 0 Å². The second-order valence-electron chi connectivity index (χ2n) is 4.36. The van der Waals surface area contributed by atoms with E-state index in [0.717, 1.165) is 11.3 Å². The number of hydrogen-bond donors (Lipinski definition) is 1. The van der Waals surface area contributed by atoms with Crippen molar-refractivity contribution in [2.75, 3.05) is 7.11 Å². The molecule has 1 N–H and O–H groups in total. The average Bonchev–Trinajstić information content (AvgIpc) is 2.47. The molecule has 0 saturated carbocycles. The zero-order chi connectivity index (χ0) is 13.7. The molecule has 100 valence electrons. The van der Waals surface area contributed by atoms with Crippen LogP contribution in [0.2, 0.25) is 0 Å². The predicted octanol–water partition coefficient (Wildman–Crippen LogP) is 3.20. The summed E-state index contributed by atoms with van der Waals surface area (Å²) >= 11 is 0. The van der Waals surface area contributed by atoms with Crippen LogP contribution in [-0.4, -0.2) is 18.3 Å². The van der Waals surface area contributed by atoms with Crippen molar-refractivity contribution in [2.24, 2.45) is 0 Å². The van der Waals surface area contributed by atoms with Crippen molar-refractivity contribution in [1.82, 2.24) is 0 Å². The van der Waals surface area contributed by atoms with E-state index in [-0.39, 0.29) is 6.10 Å². The summed E-state index contributed by atoms with van der Waals surface area (Å²) in [5, 5.41) is 10.2. The SMILES string of the molecule is COc1cccc(OC(C)C(O)c2ccccc2)c1. The molecule has 0 aromatic heterocycles. The standard InChI is InChI=1S/C16H18O3/c1-12(16(17)13-7-4-3-5-8-13)19-15-10-6-9-14(11-15)18-2/h3-12,16-17H,1-2H3. The van der Waals surface area contributed by atoms with Gasteiger partial charge in [0.05, 0.1) is 7.11 Å². The van der Waals surface area contributed by atoms with Gasteiger partial charge in [0.1, 0.15) is 23.7 Å². The van der Waals surface area contributed by atoms with E-state index in [9.17, 15) is 5.11 Å². The first-order valence-corrected chi connectivity index (χ1v) is 6.24. The fourth-order valence-electron chi connectivity index (χ4n) is 1.87. The third-order valence-electron chi connectivity index (χ3n) is 2.95. The summed E-state index contributed by atoms with van der Waals surface area (Å²) in [6.07, 6.45) is -0.998. The van der Waals surface area contributed by atoms with Gasteiger partial charge in [-0.05, 0) is 24.6 Å². The molecule has 0 aliphatic rings. The van der Waals surface area contributed by atoms with E-state index in [0.29, 0.717) is 5.75 Å². The Bertz CT molecular complexity index is 510. The maximum atomic E-state index is 10.2. The average molecular weight is 258 g/mol. The molecule has 2 atom stereocenters. The predicted molar refractivity (Wildman–Crippen MR) is 74.5 cm³/mol. The van der Waals surface area contributed by atoms with Gasteiger partial charge in [-0.1, -0.05) is 36.4 Å². The highest BCUT2D eigenvalue weighted by Gasteiger charge is 2.17. The second kappa shape index (κ2) is 6.25. The van der Waals surface area contributed by atoms with Crippen LogP contribution in [0.1, 0.15) is 18.6 Å². The Labute approximate surface area is 113 Å². The minimum atomic E-state index is -0.660. The summed E-state index contributed by atoms with van der Waals surface area (Å²) in [7, 11) is 1.61. The lowest BCUT2D eigenvalue weighted by atomic mass is 10.1. The van der Waals surface area contributed by atoms with E-state index in [1.165, 1.54) is 0 Å². The fraction of sp³-hybridized carbons (Fsp3) is 0.250. The van der Waals surface area contributed by atoms with Crippen LogP contribution >= 0.6 is 0 Å². The third kappa shape index (κ3) is 3.48. The summed E-state index contributed by atoms with van der Waals surface area (Å²) < 4.78 is 10.9. The van der Waals surface area contributed by atoms with Crippen LogP contribution in [0.25, 0.3) is 0 Å². The van der Waals surface area contributed by atoms with E-state index in [1.54, 1.807) is 13.2 Å². The van der Waals surface area contributed by atoms with Crippen molar-refractivity contribution in [3.63, 3.8) is 0 Å². The summed E-state index contributed by atoms with van der Waals surface area (Å²) in [5.74, 6) is 1.42. The summed E-state index contributed by atoms with van der Waals surface area (Å²) in [5.41, 5.74) is 0.845. The Morgan fingerprint density at radius 2 is 1.63 bits per heavy atom. The number of benzene rings is 2. The molecule has 0 heterocycles. The van der Waals surface area contributed by atoms with Crippen LogP contribution in [-0.2, 0) is 0 Å². The normalized spacial score (nSPS) is 13.6. The van der Waals surface area contributed by atoms with Crippen molar-refractivity contribution in [1.29, 1.82) is 0 Å². The summed E-state index contributed by atoms with van der Waals surface area (Å²) in [6, 6.07) is 16.8. The van der Waals surface area contributed by atoms with Gasteiger partial charge in [0.2, 0.25) is 0 Å². The molecular weight excluding hydrogens is 240 g/mol. The van der Waals surface area contributed by atoms with Crippen LogP contribution in [0.3, 0.4) is 0 Å². The number of ether oxygens (including phenoxy) is 2. The second-order valence-corrected chi connectivity index (χ2v) is 4.36. The van der Waals surface area contributed by atoms with Crippen LogP contribution in [0.5, 0.6) is 11.5 Å². The van der Waals surface area contributed by atoms with Gasteiger partial charge in [-0.25, -0.2) is 0 Å². The molecule has 0 saturated heterocycles. The van der Waals surface area contributed by atoms with E-state index in [1.807, 2.05) is 55.5 Å². The molecular formula is C16H18O3. The lowest BCUT2D eigenvalue weighted by Gasteiger charge is -2.21. The lowest BCUT2D eigenvalue weighted by Crippen LogP contribution is -2.21. The molecule has 3 heteroatoms. The minimum absolute atomic E-state index is 0.338. The van der Waals surface area contributed by atoms with Gasteiger partial charge in [-0.2, -0.15) is 0 Å². The first kappa shape index (κ1) is 13.4. The largest absolute Gasteiger partial charge is 0.497 e. The highest BCUT2D eigenvalue weighted by atomic mass is 16.5. The van der Waals surface area contributed by atoms with E-state index in [2.05, 4.69) is 0 Å². The Morgan fingerprint density at radius 3 is 2.32 bits per heavy atom. The van der Waals surface area contributed by atoms with Crippen molar-refractivity contribution in [3.05, 3.63) is 60.2 Å². The topological polar surface area (TPSA) is 38.7 Å². The molecule has 3 nitrogen and oxygen atoms in total. The van der Waals surface area contributed by atoms with Gasteiger partial charge in [-0.15, -0.1) is 0 Å². The minimum Gasteiger partial charge on any atom is -0.497 e. The smallest absolute Gasteiger partial charge is 0.126 e. The maximum Gasteiger partial charge on any atom is 0.126 e. The fourth-order valence-corrected chi connectivity index (χ4v) is 1.87. The van der Waals surface area contributed by atoms with Gasteiger partial charge in [0, 0.05) is 6.07 Å². The maximum absolute atomic E-state index is 10.2. The number of aliphatic hydroxyl groups is 1. The van der Waals surface area contributed by atoms with E-state index in [4.69, 9.17) is 9.47 Å². The Morgan fingerprint density at radius 1 is 0.947 bits per heavy atom. The molecule has 0 aliphatic carbocycles. The molecule has 0 spiro atoms. The van der Waals surface area contributed by atoms with Gasteiger partial charge in [-0.3, -0.25) is 0 Å². The highest BCUT2D eigenvalue weighted by molar-refractivity contribution is 5.33. The molecule has 0 amide bonds. The monoisotopic (exact) mass is 258 g/mol. The van der Waals surface area contributed by atoms with Crippen molar-refractivity contribution >= 4 is 0 Å².